The molecule has 1 saturated heterocycles. The van der Waals surface area contributed by atoms with Gasteiger partial charge in [-0.05, 0) is 80.4 Å². The number of benzene rings is 1. The van der Waals surface area contributed by atoms with Crippen molar-refractivity contribution in [2.45, 2.75) is 128 Å². The van der Waals surface area contributed by atoms with Gasteiger partial charge in [0.2, 0.25) is 35.4 Å². The molecule has 1 aromatic carbocycles. The number of likely N-dealkylation sites (tertiary alicyclic amines) is 1. The third kappa shape index (κ3) is 16.0. The second kappa shape index (κ2) is 24.6. The maximum absolute atomic E-state index is 14.2. The fraction of sp³-hybridized carbons (Fsp3) is 0.643. The van der Waals surface area contributed by atoms with Crippen LogP contribution < -0.4 is 43.8 Å². The lowest BCUT2D eigenvalue weighted by molar-refractivity contribution is -0.149. The molecule has 21 heteroatoms. The molecule has 350 valence electrons. The summed E-state index contributed by atoms with van der Waals surface area (Å²) in [6.45, 7) is 7.69. The molecule has 0 spiro atoms. The lowest BCUT2D eigenvalue weighted by Gasteiger charge is -2.29. The Bertz CT molecular complexity index is 1810. The van der Waals surface area contributed by atoms with E-state index in [9.17, 15) is 48.6 Å². The number of guanidine groups is 1. The summed E-state index contributed by atoms with van der Waals surface area (Å²) in [5.74, 6) is -7.66. The minimum Gasteiger partial charge on any atom is -0.508 e. The van der Waals surface area contributed by atoms with Crippen molar-refractivity contribution in [3.05, 3.63) is 29.8 Å². The number of phenols is 1. The number of phenolic OH excluding ortho intramolecular Hbond substituents is 1. The van der Waals surface area contributed by atoms with E-state index in [1.54, 1.807) is 32.9 Å². The number of aromatic hydroxyl groups is 1. The van der Waals surface area contributed by atoms with Gasteiger partial charge in [-0.3, -0.25) is 38.6 Å². The first-order valence-electron chi connectivity index (χ1n) is 21.5. The van der Waals surface area contributed by atoms with Gasteiger partial charge in [0, 0.05) is 32.0 Å². The van der Waals surface area contributed by atoms with Gasteiger partial charge < -0.3 is 64.0 Å². The Labute approximate surface area is 367 Å². The number of rotatable bonds is 24. The van der Waals surface area contributed by atoms with Gasteiger partial charge in [0.1, 0.15) is 36.0 Å². The SMILES string of the molecule is CCC(C)C(NC(=O)[C@H](Cc1ccc(O)cc1)NC(=O)C(NC(=O)C(CCCN=C(N)N)NC(=O)[C@@H](N)CC(=O)O)C(C)C)C(=O)NC[C@H]1CC[C@H](C(=O)N2CCC[C@H]2C(=O)O)C1. The smallest absolute Gasteiger partial charge is 0.326 e. The van der Waals surface area contributed by atoms with Crippen molar-refractivity contribution in [3.8, 4) is 5.75 Å². The van der Waals surface area contributed by atoms with Crippen LogP contribution in [0.15, 0.2) is 29.3 Å². The molecule has 0 bridgehead atoms. The van der Waals surface area contributed by atoms with Crippen LogP contribution >= 0.6 is 0 Å². The number of carboxylic acids is 2. The molecule has 63 heavy (non-hydrogen) atoms. The minimum atomic E-state index is -1.47. The normalized spacial score (nSPS) is 20.0. The highest BCUT2D eigenvalue weighted by Gasteiger charge is 2.40. The van der Waals surface area contributed by atoms with Gasteiger partial charge in [0.25, 0.3) is 0 Å². The van der Waals surface area contributed by atoms with Gasteiger partial charge in [-0.15, -0.1) is 0 Å². The molecule has 9 atom stereocenters. The zero-order valence-electron chi connectivity index (χ0n) is 36.5. The van der Waals surface area contributed by atoms with Crippen LogP contribution in [-0.4, -0.2) is 129 Å². The number of amides is 6. The highest BCUT2D eigenvalue weighted by Crippen LogP contribution is 2.34. The number of carbonyl (C=O) groups excluding carboxylic acids is 6. The quantitative estimate of drug-likeness (QED) is 0.0339. The van der Waals surface area contributed by atoms with Gasteiger partial charge in [-0.1, -0.05) is 46.2 Å². The van der Waals surface area contributed by atoms with E-state index in [0.717, 1.165) is 0 Å². The molecule has 1 aromatic rings. The Hall–Kier alpha value is -5.99. The van der Waals surface area contributed by atoms with E-state index in [2.05, 4.69) is 31.6 Å². The van der Waals surface area contributed by atoms with Crippen molar-refractivity contribution in [3.63, 3.8) is 0 Å². The van der Waals surface area contributed by atoms with Crippen molar-refractivity contribution in [1.82, 2.24) is 31.5 Å². The lowest BCUT2D eigenvalue weighted by atomic mass is 9.96. The first kappa shape index (κ1) is 51.4. The zero-order valence-corrected chi connectivity index (χ0v) is 36.5. The molecule has 3 rings (SSSR count). The molecular formula is C42H66N10O11. The van der Waals surface area contributed by atoms with Crippen molar-refractivity contribution in [2.24, 2.45) is 45.9 Å². The summed E-state index contributed by atoms with van der Waals surface area (Å²) >= 11 is 0. The summed E-state index contributed by atoms with van der Waals surface area (Å²) in [6.07, 6.45) is 2.67. The van der Waals surface area contributed by atoms with Gasteiger partial charge in [0.15, 0.2) is 5.96 Å². The van der Waals surface area contributed by atoms with Crippen molar-refractivity contribution < 1.29 is 53.7 Å². The molecule has 2 aliphatic rings. The molecule has 1 saturated carbocycles. The molecular weight excluding hydrogens is 821 g/mol. The lowest BCUT2D eigenvalue weighted by Crippen LogP contribution is -2.61. The number of nitrogens with one attached hydrogen (secondary N) is 5. The van der Waals surface area contributed by atoms with Crippen molar-refractivity contribution in [1.29, 1.82) is 0 Å². The third-order valence-corrected chi connectivity index (χ3v) is 11.6. The van der Waals surface area contributed by atoms with E-state index in [1.165, 1.54) is 17.0 Å². The van der Waals surface area contributed by atoms with Crippen molar-refractivity contribution >= 4 is 53.3 Å². The second-order valence-electron chi connectivity index (χ2n) is 16.9. The van der Waals surface area contributed by atoms with Gasteiger partial charge in [-0.2, -0.15) is 0 Å². The van der Waals surface area contributed by atoms with Crippen LogP contribution in [0.25, 0.3) is 0 Å². The van der Waals surface area contributed by atoms with Crippen LogP contribution in [0.2, 0.25) is 0 Å². The number of nitrogens with two attached hydrogens (primary N) is 3. The second-order valence-corrected chi connectivity index (χ2v) is 16.9. The average Bonchev–Trinajstić information content (AvgIpc) is 3.92. The zero-order chi connectivity index (χ0) is 47.0. The molecule has 2 fully saturated rings. The highest BCUT2D eigenvalue weighted by molar-refractivity contribution is 5.96. The molecule has 0 aromatic heterocycles. The van der Waals surface area contributed by atoms with E-state index in [0.29, 0.717) is 50.6 Å². The third-order valence-electron chi connectivity index (χ3n) is 11.6. The molecule has 1 aliphatic carbocycles. The van der Waals surface area contributed by atoms with Gasteiger partial charge >= 0.3 is 11.9 Å². The predicted octanol–water partition coefficient (Wildman–Crippen LogP) is -0.960. The number of carboxylic acid groups (broad SMARTS) is 2. The molecule has 6 amide bonds. The number of hydrogen-bond acceptors (Lipinski definition) is 11. The summed E-state index contributed by atoms with van der Waals surface area (Å²) in [5, 5.41) is 42.1. The number of aliphatic imine (C=N–C) groups is 1. The number of nitrogens with zero attached hydrogens (tertiary/aromatic N) is 2. The number of hydrogen-bond donors (Lipinski definition) is 11. The average molecular weight is 887 g/mol. The monoisotopic (exact) mass is 886 g/mol. The van der Waals surface area contributed by atoms with E-state index >= 15 is 0 Å². The maximum atomic E-state index is 14.2. The number of carbonyl (C=O) groups is 8. The van der Waals surface area contributed by atoms with E-state index in [1.807, 2.05) is 6.92 Å². The molecule has 1 aliphatic heterocycles. The highest BCUT2D eigenvalue weighted by atomic mass is 16.4. The minimum absolute atomic E-state index is 0.0171. The topological polar surface area (TPSA) is 351 Å². The first-order valence-corrected chi connectivity index (χ1v) is 21.5. The Kier molecular flexibility index (Phi) is 20.1. The van der Waals surface area contributed by atoms with Crippen molar-refractivity contribution in [2.75, 3.05) is 19.6 Å². The van der Waals surface area contributed by atoms with Crippen LogP contribution in [0.4, 0.5) is 0 Å². The molecule has 0 radical (unpaired) electrons. The Morgan fingerprint density at radius 3 is 2.06 bits per heavy atom. The van der Waals surface area contributed by atoms with E-state index < -0.39 is 90.1 Å². The number of aliphatic carboxylic acids is 2. The molecule has 14 N–H and O–H groups in total. The van der Waals surface area contributed by atoms with Crippen LogP contribution in [0.1, 0.15) is 91.0 Å². The maximum Gasteiger partial charge on any atom is 0.326 e. The Morgan fingerprint density at radius 1 is 0.825 bits per heavy atom. The first-order chi connectivity index (χ1) is 29.7. The van der Waals surface area contributed by atoms with E-state index in [-0.39, 0.29) is 67.7 Å². The van der Waals surface area contributed by atoms with Crippen LogP contribution in [0.5, 0.6) is 5.75 Å². The summed E-state index contributed by atoms with van der Waals surface area (Å²) in [4.78, 5) is 110. The Balaban J connectivity index is 1.77. The van der Waals surface area contributed by atoms with Crippen LogP contribution in [-0.2, 0) is 44.8 Å². The fourth-order valence-electron chi connectivity index (χ4n) is 7.78. The fourth-order valence-corrected chi connectivity index (χ4v) is 7.78. The summed E-state index contributed by atoms with van der Waals surface area (Å²) in [6, 6.07) is -1.18. The van der Waals surface area contributed by atoms with Gasteiger partial charge in [-0.25, -0.2) is 4.79 Å². The predicted molar refractivity (Wildman–Crippen MR) is 230 cm³/mol. The molecule has 4 unspecified atom stereocenters. The Morgan fingerprint density at radius 2 is 1.46 bits per heavy atom. The summed E-state index contributed by atoms with van der Waals surface area (Å²) < 4.78 is 0. The summed E-state index contributed by atoms with van der Waals surface area (Å²) in [7, 11) is 0. The largest absolute Gasteiger partial charge is 0.508 e. The standard InChI is InChI=1S/C42H66N10O11/c1-5-23(4)34(38(59)47-21-25-10-13-26(18-25)40(61)52-17-7-9-31(52)41(62)63)51-37(58)30(19-24-11-14-27(53)15-12-24)49-39(60)33(22(2)3)50-36(57)29(8-6-16-46-42(44)45)48-35(56)28(43)20-32(54)55/h11-12,14-15,22-23,25-26,28-31,33-34,53H,5-10,13,16-21,43H2,1-4H3,(H,47,59)(H,48,56)(H,49,60)(H,50,57)(H,51,58)(H,54,55)(H,62,63)(H4,44,45,46)/t23?,25-,26-,28-,29?,30-,31-,33?,34?/m0/s1. The molecule has 1 heterocycles. The van der Waals surface area contributed by atoms with Crippen LogP contribution in [0.3, 0.4) is 0 Å². The van der Waals surface area contributed by atoms with Crippen LogP contribution in [0, 0.1) is 23.7 Å². The summed E-state index contributed by atoms with van der Waals surface area (Å²) in [5.41, 5.74) is 17.1. The molecule has 21 nitrogen and oxygen atoms in total. The van der Waals surface area contributed by atoms with E-state index in [4.69, 9.17) is 22.3 Å². The van der Waals surface area contributed by atoms with Gasteiger partial charge in [0.05, 0.1) is 12.5 Å².